The van der Waals surface area contributed by atoms with E-state index in [0.717, 1.165) is 37.8 Å². The molecule has 11 nitrogen and oxygen atoms in total. The second-order valence-corrected chi connectivity index (χ2v) is 16.7. The topological polar surface area (TPSA) is 124 Å². The van der Waals surface area contributed by atoms with Gasteiger partial charge in [-0.1, -0.05) is 43.2 Å². The smallest absolute Gasteiger partial charge is 0.287 e. The summed E-state index contributed by atoms with van der Waals surface area (Å²) in [6.45, 7) is 8.85. The van der Waals surface area contributed by atoms with Gasteiger partial charge in [-0.2, -0.15) is 5.10 Å². The first-order valence-electron chi connectivity index (χ1n) is 17.6. The molecule has 1 spiro atoms. The molecule has 0 saturated heterocycles. The van der Waals surface area contributed by atoms with Gasteiger partial charge in [0.1, 0.15) is 11.4 Å². The summed E-state index contributed by atoms with van der Waals surface area (Å²) in [4.78, 5) is 30.0. The summed E-state index contributed by atoms with van der Waals surface area (Å²) < 4.78 is 42.1. The zero-order chi connectivity index (χ0) is 36.6. The van der Waals surface area contributed by atoms with E-state index in [1.54, 1.807) is 59.3 Å². The number of hydrogen-bond donors (Lipinski definition) is 1. The van der Waals surface area contributed by atoms with E-state index in [1.807, 2.05) is 18.2 Å². The first-order chi connectivity index (χ1) is 24.3. The predicted octanol–water partition coefficient (Wildman–Crippen LogP) is 6.35. The van der Waals surface area contributed by atoms with Crippen LogP contribution in [0.15, 0.2) is 64.0 Å². The van der Waals surface area contributed by atoms with E-state index in [0.29, 0.717) is 36.2 Å². The van der Waals surface area contributed by atoms with Crippen LogP contribution in [-0.4, -0.2) is 70.9 Å². The van der Waals surface area contributed by atoms with Crippen LogP contribution < -0.4 is 14.4 Å². The molecule has 6 rings (SSSR count). The molecule has 274 valence electrons. The second-order valence-electron chi connectivity index (χ2n) is 14.3. The molecule has 3 heterocycles. The highest BCUT2D eigenvalue weighted by Gasteiger charge is 2.42. The van der Waals surface area contributed by atoms with Crippen LogP contribution >= 0.6 is 11.6 Å². The Hall–Kier alpha value is -3.71. The maximum Gasteiger partial charge on any atom is 0.287 e. The van der Waals surface area contributed by atoms with Gasteiger partial charge in [0.05, 0.1) is 41.2 Å². The number of ether oxygens (including phenoxy) is 3. The van der Waals surface area contributed by atoms with Crippen LogP contribution in [0, 0.1) is 12.8 Å². The normalized spacial score (nSPS) is 27.1. The van der Waals surface area contributed by atoms with Crippen LogP contribution in [0.2, 0.25) is 5.02 Å². The van der Waals surface area contributed by atoms with Crippen LogP contribution in [0.5, 0.6) is 5.75 Å². The van der Waals surface area contributed by atoms with Gasteiger partial charge >= 0.3 is 0 Å². The number of nitrogens with one attached hydrogen (secondary N) is 1. The molecule has 3 aromatic rings. The molecular weight excluding hydrogens is 690 g/mol. The van der Waals surface area contributed by atoms with Gasteiger partial charge in [0.25, 0.3) is 11.8 Å². The van der Waals surface area contributed by atoms with E-state index in [9.17, 15) is 9.59 Å². The zero-order valence-electron chi connectivity index (χ0n) is 30.2. The number of methoxy groups -OCH3 is 1. The summed E-state index contributed by atoms with van der Waals surface area (Å²) in [7, 11) is -0.489. The second kappa shape index (κ2) is 14.7. The number of carbonyl (C=O) groups is 2. The van der Waals surface area contributed by atoms with Crippen LogP contribution in [0.25, 0.3) is 0 Å². The molecule has 3 unspecified atom stereocenters. The van der Waals surface area contributed by atoms with E-state index in [-0.39, 0.29) is 34.5 Å². The number of aromatic nitrogens is 2. The first-order valence-corrected chi connectivity index (χ1v) is 19.4. The molecule has 2 aliphatic heterocycles. The number of halogens is 1. The van der Waals surface area contributed by atoms with E-state index in [1.165, 1.54) is 15.8 Å². The Morgan fingerprint density at radius 2 is 2.02 bits per heavy atom. The summed E-state index contributed by atoms with van der Waals surface area (Å²) in [5, 5.41) is 4.98. The molecule has 0 fully saturated rings. The molecule has 51 heavy (non-hydrogen) atoms. The molecular formula is C38H48ClN5O6S. The lowest BCUT2D eigenvalue weighted by Gasteiger charge is -2.41. The van der Waals surface area contributed by atoms with Crippen LogP contribution in [0.1, 0.15) is 73.6 Å². The highest BCUT2D eigenvalue weighted by molar-refractivity contribution is 7.92. The van der Waals surface area contributed by atoms with Crippen molar-refractivity contribution in [3.8, 4) is 5.75 Å². The predicted molar refractivity (Wildman–Crippen MR) is 198 cm³/mol. The van der Waals surface area contributed by atoms with Crippen LogP contribution in [0.4, 0.5) is 5.69 Å². The van der Waals surface area contributed by atoms with Gasteiger partial charge in [0.2, 0.25) is 0 Å². The highest BCUT2D eigenvalue weighted by atomic mass is 35.5. The third-order valence-electron chi connectivity index (χ3n) is 10.4. The van der Waals surface area contributed by atoms with E-state index in [2.05, 4.69) is 38.1 Å². The Morgan fingerprint density at radius 3 is 2.75 bits per heavy atom. The Morgan fingerprint density at radius 1 is 1.22 bits per heavy atom. The molecule has 1 N–H and O–H groups in total. The third kappa shape index (κ3) is 7.60. The van der Waals surface area contributed by atoms with Gasteiger partial charge < -0.3 is 19.1 Å². The molecule has 2 amide bonds. The minimum atomic E-state index is -3.90. The van der Waals surface area contributed by atoms with Crippen molar-refractivity contribution in [2.24, 2.45) is 17.3 Å². The average Bonchev–Trinajstić information content (AvgIpc) is 3.36. The largest absolute Gasteiger partial charge is 0.490 e. The number of amides is 2. The monoisotopic (exact) mass is 737 g/mol. The fourth-order valence-electron chi connectivity index (χ4n) is 7.53. The maximum atomic E-state index is 15.1. The van der Waals surface area contributed by atoms with Crippen molar-refractivity contribution in [2.45, 2.75) is 81.8 Å². The molecule has 2 aromatic carbocycles. The fourth-order valence-corrected chi connectivity index (χ4v) is 9.33. The minimum absolute atomic E-state index is 0.112. The Bertz CT molecular complexity index is 1970. The number of rotatable bonds is 4. The third-order valence-corrected chi connectivity index (χ3v) is 12.5. The van der Waals surface area contributed by atoms with Crippen molar-refractivity contribution in [3.63, 3.8) is 0 Å². The van der Waals surface area contributed by atoms with Crippen molar-refractivity contribution < 1.29 is 28.0 Å². The number of anilines is 1. The van der Waals surface area contributed by atoms with E-state index in [4.69, 9.17) is 25.8 Å². The average molecular weight is 738 g/mol. The number of aryl methyl sites for hydroxylation is 3. The number of hydrogen-bond acceptors (Lipinski definition) is 8. The minimum Gasteiger partial charge on any atom is -0.490 e. The lowest BCUT2D eigenvalue weighted by atomic mass is 9.70. The standard InChI is InChI=1S/C38H48ClN5O6S/c1-7-26-16-18-44-23-38(17-8-10-27-20-28(39)12-14-31(27)38)24-49-34-15-13-29(21-32(34)44)51(47,41-35(45)30-22-43(5)40-25(30)2)42-36(46)37(3,4)50-19-9-11-33(26)48-6/h9,11-15,20-22,26,33H,7-8,10,16-19,23-24H2,1-6H3,(H,41,42,45,46,47)/b11-9+/t26?,33?,38-,51?/m0/s1. The van der Waals surface area contributed by atoms with Gasteiger partial charge in [0.15, 0.2) is 9.92 Å². The van der Waals surface area contributed by atoms with Crippen LogP contribution in [-0.2, 0) is 43.1 Å². The molecule has 3 aliphatic rings. The number of fused-ring (bicyclic) bond motifs is 3. The molecule has 0 radical (unpaired) electrons. The SMILES string of the molecule is CCC1CCN2C[C@@]3(CCCc4cc(Cl)ccc43)COc3ccc(cc32)S(=O)(NC(=O)c2cn(C)nc2C)=NC(=O)C(C)(C)OC/C=C/C1OC. The van der Waals surface area contributed by atoms with Crippen molar-refractivity contribution in [1.29, 1.82) is 0 Å². The van der Waals surface area contributed by atoms with Crippen molar-refractivity contribution in [1.82, 2.24) is 14.5 Å². The maximum absolute atomic E-state index is 15.1. The molecule has 1 aliphatic carbocycles. The van der Waals surface area contributed by atoms with Gasteiger partial charge in [-0.3, -0.25) is 19.0 Å². The van der Waals surface area contributed by atoms with Gasteiger partial charge in [-0.15, -0.1) is 4.36 Å². The highest BCUT2D eigenvalue weighted by Crippen LogP contribution is 2.45. The van der Waals surface area contributed by atoms with Crippen molar-refractivity contribution in [2.75, 3.05) is 38.3 Å². The van der Waals surface area contributed by atoms with Crippen LogP contribution in [0.3, 0.4) is 0 Å². The fraction of sp³-hybridized carbons (Fsp3) is 0.500. The molecule has 1 aromatic heterocycles. The number of carbonyl (C=O) groups excluding carboxylic acids is 2. The van der Waals surface area contributed by atoms with E-state index >= 15 is 4.21 Å². The van der Waals surface area contributed by atoms with Crippen molar-refractivity contribution in [3.05, 3.63) is 82.2 Å². The molecule has 4 atom stereocenters. The lowest BCUT2D eigenvalue weighted by Crippen LogP contribution is -2.46. The van der Waals surface area contributed by atoms with E-state index < -0.39 is 27.3 Å². The number of benzene rings is 2. The summed E-state index contributed by atoms with van der Waals surface area (Å²) >= 11 is 6.46. The summed E-state index contributed by atoms with van der Waals surface area (Å²) in [5.41, 5.74) is 2.09. The van der Waals surface area contributed by atoms with Gasteiger partial charge in [0, 0.05) is 43.9 Å². The van der Waals surface area contributed by atoms with Crippen molar-refractivity contribution >= 4 is 39.0 Å². The summed E-state index contributed by atoms with van der Waals surface area (Å²) in [5.74, 6) is -0.626. The summed E-state index contributed by atoms with van der Waals surface area (Å²) in [6.07, 6.45) is 9.76. The lowest BCUT2D eigenvalue weighted by molar-refractivity contribution is -0.137. The Labute approximate surface area is 306 Å². The molecule has 2 bridgehead atoms. The van der Waals surface area contributed by atoms with Gasteiger partial charge in [-0.25, -0.2) is 4.21 Å². The zero-order valence-corrected chi connectivity index (χ0v) is 31.8. The quantitative estimate of drug-likeness (QED) is 0.308. The Balaban J connectivity index is 1.51. The summed E-state index contributed by atoms with van der Waals surface area (Å²) in [6, 6.07) is 11.3. The number of nitrogens with zero attached hydrogens (tertiary/aromatic N) is 4. The van der Waals surface area contributed by atoms with Gasteiger partial charge in [-0.05, 0) is 93.8 Å². The molecule has 13 heteroatoms. The molecule has 0 saturated carbocycles. The Kier molecular flexibility index (Phi) is 10.7. The first kappa shape index (κ1) is 37.1.